The molecular formula is C13H13NO4. The Morgan fingerprint density at radius 1 is 1.17 bits per heavy atom. The van der Waals surface area contributed by atoms with Crippen molar-refractivity contribution < 1.29 is 19.1 Å². The first-order chi connectivity index (χ1) is 8.58. The number of methoxy groups -OCH3 is 2. The SMILES string of the molecule is COC(=O)c1cc2cc(OC)ccc2n1C(C)=O. The first-order valence-electron chi connectivity index (χ1n) is 5.37. The maximum absolute atomic E-state index is 11.6. The van der Waals surface area contributed by atoms with Gasteiger partial charge in [0.15, 0.2) is 0 Å². The molecule has 0 atom stereocenters. The van der Waals surface area contributed by atoms with E-state index in [1.165, 1.54) is 18.6 Å². The van der Waals surface area contributed by atoms with Crippen molar-refractivity contribution in [1.29, 1.82) is 0 Å². The largest absolute Gasteiger partial charge is 0.497 e. The van der Waals surface area contributed by atoms with Gasteiger partial charge in [0.2, 0.25) is 5.91 Å². The predicted molar refractivity (Wildman–Crippen MR) is 66.1 cm³/mol. The molecule has 5 heteroatoms. The van der Waals surface area contributed by atoms with Crippen LogP contribution in [0.4, 0.5) is 0 Å². The number of aromatic nitrogens is 1. The number of hydrogen-bond donors (Lipinski definition) is 0. The summed E-state index contributed by atoms with van der Waals surface area (Å²) in [6.45, 7) is 1.40. The summed E-state index contributed by atoms with van der Waals surface area (Å²) in [5.41, 5.74) is 0.872. The standard InChI is InChI=1S/C13H13NO4/c1-8(15)14-11-5-4-10(17-2)6-9(11)7-12(14)13(16)18-3/h4-7H,1-3H3. The summed E-state index contributed by atoms with van der Waals surface area (Å²) >= 11 is 0. The lowest BCUT2D eigenvalue weighted by Crippen LogP contribution is -2.14. The molecule has 0 N–H and O–H groups in total. The van der Waals surface area contributed by atoms with Gasteiger partial charge in [0.25, 0.3) is 0 Å². The summed E-state index contributed by atoms with van der Waals surface area (Å²) in [6, 6.07) is 6.86. The van der Waals surface area contributed by atoms with E-state index in [1.54, 1.807) is 31.4 Å². The minimum atomic E-state index is -0.541. The van der Waals surface area contributed by atoms with Crippen LogP contribution in [0.3, 0.4) is 0 Å². The molecule has 0 amide bonds. The second kappa shape index (κ2) is 4.52. The number of esters is 1. The predicted octanol–water partition coefficient (Wildman–Crippen LogP) is 2.10. The van der Waals surface area contributed by atoms with Crippen LogP contribution in [0.2, 0.25) is 0 Å². The molecule has 1 heterocycles. The van der Waals surface area contributed by atoms with Crippen LogP contribution in [0, 0.1) is 0 Å². The number of carbonyl (C=O) groups is 2. The zero-order chi connectivity index (χ0) is 13.3. The maximum Gasteiger partial charge on any atom is 0.355 e. The van der Waals surface area contributed by atoms with Crippen molar-refractivity contribution in [2.24, 2.45) is 0 Å². The number of ether oxygens (including phenoxy) is 2. The lowest BCUT2D eigenvalue weighted by Gasteiger charge is -2.05. The lowest BCUT2D eigenvalue weighted by molar-refractivity contribution is 0.0583. The Morgan fingerprint density at radius 3 is 2.44 bits per heavy atom. The normalized spacial score (nSPS) is 10.4. The monoisotopic (exact) mass is 247 g/mol. The Hall–Kier alpha value is -2.30. The Kier molecular flexibility index (Phi) is 3.06. The molecule has 5 nitrogen and oxygen atoms in total. The lowest BCUT2D eigenvalue weighted by atomic mass is 10.2. The number of benzene rings is 1. The zero-order valence-corrected chi connectivity index (χ0v) is 10.4. The highest BCUT2D eigenvalue weighted by Crippen LogP contribution is 2.25. The summed E-state index contributed by atoms with van der Waals surface area (Å²) in [7, 11) is 2.84. The van der Waals surface area contributed by atoms with Crippen LogP contribution in [0.1, 0.15) is 22.2 Å². The van der Waals surface area contributed by atoms with Gasteiger partial charge in [-0.3, -0.25) is 9.36 Å². The van der Waals surface area contributed by atoms with E-state index in [0.29, 0.717) is 11.3 Å². The smallest absolute Gasteiger partial charge is 0.355 e. The highest BCUT2D eigenvalue weighted by atomic mass is 16.5. The molecule has 94 valence electrons. The first-order valence-corrected chi connectivity index (χ1v) is 5.37. The van der Waals surface area contributed by atoms with E-state index in [2.05, 4.69) is 4.74 Å². The molecule has 0 saturated heterocycles. The van der Waals surface area contributed by atoms with Gasteiger partial charge in [0.05, 0.1) is 19.7 Å². The first kappa shape index (κ1) is 12.2. The molecule has 0 spiro atoms. The Balaban J connectivity index is 2.74. The maximum atomic E-state index is 11.6. The van der Waals surface area contributed by atoms with Crippen LogP contribution >= 0.6 is 0 Å². The van der Waals surface area contributed by atoms with Crippen LogP contribution in [0.5, 0.6) is 5.75 Å². The third kappa shape index (κ3) is 1.84. The van der Waals surface area contributed by atoms with Crippen molar-refractivity contribution in [3.05, 3.63) is 30.0 Å². The van der Waals surface area contributed by atoms with Gasteiger partial charge >= 0.3 is 5.97 Å². The minimum absolute atomic E-state index is 0.216. The van der Waals surface area contributed by atoms with Crippen LogP contribution in [0.25, 0.3) is 10.9 Å². The van der Waals surface area contributed by atoms with Gasteiger partial charge in [-0.05, 0) is 24.3 Å². The number of carbonyl (C=O) groups excluding carboxylic acids is 2. The molecule has 0 saturated carbocycles. The van der Waals surface area contributed by atoms with Gasteiger partial charge in [-0.1, -0.05) is 0 Å². The number of nitrogens with zero attached hydrogens (tertiary/aromatic N) is 1. The van der Waals surface area contributed by atoms with Crippen LogP contribution < -0.4 is 4.74 Å². The molecule has 0 fully saturated rings. The van der Waals surface area contributed by atoms with E-state index >= 15 is 0 Å². The topological polar surface area (TPSA) is 57.5 Å². The molecule has 0 bridgehead atoms. The average Bonchev–Trinajstić information content (AvgIpc) is 2.75. The van der Waals surface area contributed by atoms with Gasteiger partial charge in [-0.2, -0.15) is 0 Å². The van der Waals surface area contributed by atoms with Crippen LogP contribution in [-0.2, 0) is 4.74 Å². The van der Waals surface area contributed by atoms with E-state index in [1.807, 2.05) is 0 Å². The number of rotatable bonds is 2. The van der Waals surface area contributed by atoms with E-state index in [0.717, 1.165) is 5.39 Å². The second-order valence-corrected chi connectivity index (χ2v) is 3.80. The Morgan fingerprint density at radius 2 is 1.89 bits per heavy atom. The molecule has 2 rings (SSSR count). The molecule has 1 aromatic carbocycles. The average molecular weight is 247 g/mol. The molecule has 18 heavy (non-hydrogen) atoms. The molecule has 0 aliphatic carbocycles. The minimum Gasteiger partial charge on any atom is -0.497 e. The quantitative estimate of drug-likeness (QED) is 0.762. The van der Waals surface area contributed by atoms with Gasteiger partial charge < -0.3 is 9.47 Å². The Labute approximate surface area is 104 Å². The molecular weight excluding hydrogens is 234 g/mol. The van der Waals surface area contributed by atoms with Crippen LogP contribution in [-0.4, -0.2) is 30.7 Å². The third-order valence-corrected chi connectivity index (χ3v) is 2.72. The molecule has 0 radical (unpaired) electrons. The van der Waals surface area contributed by atoms with E-state index in [4.69, 9.17) is 4.74 Å². The van der Waals surface area contributed by atoms with E-state index in [-0.39, 0.29) is 11.6 Å². The third-order valence-electron chi connectivity index (χ3n) is 2.72. The van der Waals surface area contributed by atoms with Crippen molar-refractivity contribution in [2.45, 2.75) is 6.92 Å². The highest BCUT2D eigenvalue weighted by molar-refractivity contribution is 6.02. The van der Waals surface area contributed by atoms with E-state index in [9.17, 15) is 9.59 Å². The fraction of sp³-hybridized carbons (Fsp3) is 0.231. The van der Waals surface area contributed by atoms with Gasteiger partial charge in [-0.15, -0.1) is 0 Å². The zero-order valence-electron chi connectivity index (χ0n) is 10.4. The molecule has 1 aromatic heterocycles. The van der Waals surface area contributed by atoms with E-state index < -0.39 is 5.97 Å². The number of hydrogen-bond acceptors (Lipinski definition) is 4. The molecule has 0 aliphatic heterocycles. The second-order valence-electron chi connectivity index (χ2n) is 3.80. The summed E-state index contributed by atoms with van der Waals surface area (Å²) in [5.74, 6) is -0.115. The van der Waals surface area contributed by atoms with Crippen molar-refractivity contribution in [1.82, 2.24) is 4.57 Å². The van der Waals surface area contributed by atoms with Gasteiger partial charge in [-0.25, -0.2) is 4.79 Å². The highest BCUT2D eigenvalue weighted by Gasteiger charge is 2.18. The van der Waals surface area contributed by atoms with Crippen LogP contribution in [0.15, 0.2) is 24.3 Å². The van der Waals surface area contributed by atoms with Crippen molar-refractivity contribution >= 4 is 22.8 Å². The number of fused-ring (bicyclic) bond motifs is 1. The fourth-order valence-electron chi connectivity index (χ4n) is 1.91. The summed E-state index contributed by atoms with van der Waals surface area (Å²) in [5, 5.41) is 0.755. The van der Waals surface area contributed by atoms with Crippen molar-refractivity contribution in [3.63, 3.8) is 0 Å². The van der Waals surface area contributed by atoms with Gasteiger partial charge in [0.1, 0.15) is 11.4 Å². The molecule has 0 aliphatic rings. The molecule has 2 aromatic rings. The summed E-state index contributed by atoms with van der Waals surface area (Å²) < 4.78 is 11.1. The molecule has 0 unspecified atom stereocenters. The Bertz CT molecular complexity index is 627. The fourth-order valence-corrected chi connectivity index (χ4v) is 1.91. The van der Waals surface area contributed by atoms with Crippen molar-refractivity contribution in [3.8, 4) is 5.75 Å². The van der Waals surface area contributed by atoms with Crippen molar-refractivity contribution in [2.75, 3.05) is 14.2 Å². The van der Waals surface area contributed by atoms with Gasteiger partial charge in [0, 0.05) is 12.3 Å². The summed E-state index contributed by atoms with van der Waals surface area (Å²) in [4.78, 5) is 23.3. The summed E-state index contributed by atoms with van der Waals surface area (Å²) in [6.07, 6.45) is 0.